The van der Waals surface area contributed by atoms with Gasteiger partial charge in [-0.1, -0.05) is 37.8 Å². The number of hydrogen-bond donors (Lipinski definition) is 0. The van der Waals surface area contributed by atoms with E-state index in [1.165, 1.54) is 19.2 Å². The molecule has 0 heterocycles. The molecule has 0 unspecified atom stereocenters. The summed E-state index contributed by atoms with van der Waals surface area (Å²) < 4.78 is 11.2. The molecule has 29 heavy (non-hydrogen) atoms. The molecule has 7 heteroatoms. The average Bonchev–Trinajstić information content (AvgIpc) is 2.72. The van der Waals surface area contributed by atoms with Gasteiger partial charge in [-0.3, -0.25) is 10.1 Å². The summed E-state index contributed by atoms with van der Waals surface area (Å²) in [5.41, 5.74) is 1.56. The molecular formula is C22H23ClN2O4. The highest BCUT2D eigenvalue weighted by Crippen LogP contribution is 2.37. The summed E-state index contributed by atoms with van der Waals surface area (Å²) in [7, 11) is 1.53. The quantitative estimate of drug-likeness (QED) is 0.150. The Morgan fingerprint density at radius 1 is 1.24 bits per heavy atom. The van der Waals surface area contributed by atoms with Crippen LogP contribution in [0, 0.1) is 21.4 Å². The normalized spacial score (nSPS) is 11.0. The van der Waals surface area contributed by atoms with E-state index in [-0.39, 0.29) is 5.69 Å². The lowest BCUT2D eigenvalue weighted by Crippen LogP contribution is -2.00. The lowest BCUT2D eigenvalue weighted by molar-refractivity contribution is -0.384. The van der Waals surface area contributed by atoms with Crippen molar-refractivity contribution in [2.45, 2.75) is 32.6 Å². The Labute approximate surface area is 175 Å². The maximum atomic E-state index is 10.8. The van der Waals surface area contributed by atoms with Gasteiger partial charge in [-0.25, -0.2) is 0 Å². The molecule has 0 atom stereocenters. The molecule has 2 aromatic rings. The number of nitriles is 1. The van der Waals surface area contributed by atoms with Crippen LogP contribution in [-0.2, 0) is 0 Å². The maximum absolute atomic E-state index is 10.8. The smallest absolute Gasteiger partial charge is 0.269 e. The van der Waals surface area contributed by atoms with E-state index in [1.807, 2.05) is 0 Å². The van der Waals surface area contributed by atoms with E-state index in [0.29, 0.717) is 39.8 Å². The fraction of sp³-hybridized carbons (Fsp3) is 0.318. The van der Waals surface area contributed by atoms with Crippen molar-refractivity contribution >= 4 is 28.9 Å². The Balaban J connectivity index is 2.25. The van der Waals surface area contributed by atoms with Crippen LogP contribution >= 0.6 is 11.6 Å². The van der Waals surface area contributed by atoms with Gasteiger partial charge in [-0.15, -0.1) is 0 Å². The number of allylic oxidation sites excluding steroid dienone is 1. The molecule has 0 N–H and O–H groups in total. The first kappa shape index (κ1) is 22.3. The Hall–Kier alpha value is -3.04. The second-order valence-corrected chi connectivity index (χ2v) is 6.82. The SMILES string of the molecule is CCCCCCOc1c(Cl)cc(C=C(C#N)c2ccc([N+](=O)[O-])cc2)cc1OC. The zero-order valence-electron chi connectivity index (χ0n) is 16.5. The number of nitrogens with zero attached hydrogens (tertiary/aromatic N) is 2. The van der Waals surface area contributed by atoms with Crippen molar-refractivity contribution < 1.29 is 14.4 Å². The van der Waals surface area contributed by atoms with Crippen molar-refractivity contribution in [1.29, 1.82) is 5.26 Å². The van der Waals surface area contributed by atoms with Crippen molar-refractivity contribution in [3.05, 3.63) is 62.7 Å². The molecule has 0 saturated heterocycles. The van der Waals surface area contributed by atoms with Gasteiger partial charge < -0.3 is 9.47 Å². The van der Waals surface area contributed by atoms with E-state index in [4.69, 9.17) is 21.1 Å². The van der Waals surface area contributed by atoms with Crippen LogP contribution < -0.4 is 9.47 Å². The molecular weight excluding hydrogens is 392 g/mol. The number of nitro benzene ring substituents is 1. The van der Waals surface area contributed by atoms with Crippen LogP contribution in [0.15, 0.2) is 36.4 Å². The minimum atomic E-state index is -0.481. The van der Waals surface area contributed by atoms with Gasteiger partial charge in [-0.2, -0.15) is 5.26 Å². The number of halogens is 1. The number of unbranched alkanes of at least 4 members (excludes halogenated alkanes) is 3. The van der Waals surface area contributed by atoms with Gasteiger partial charge in [0.15, 0.2) is 11.5 Å². The molecule has 152 valence electrons. The van der Waals surface area contributed by atoms with Crippen LogP contribution in [-0.4, -0.2) is 18.6 Å². The van der Waals surface area contributed by atoms with Gasteiger partial charge in [0.1, 0.15) is 0 Å². The van der Waals surface area contributed by atoms with Crippen LogP contribution in [0.25, 0.3) is 11.6 Å². The summed E-state index contributed by atoms with van der Waals surface area (Å²) in [4.78, 5) is 10.3. The van der Waals surface area contributed by atoms with E-state index >= 15 is 0 Å². The van der Waals surface area contributed by atoms with Gasteiger partial charge in [0.25, 0.3) is 5.69 Å². The summed E-state index contributed by atoms with van der Waals surface area (Å²) in [6, 6.07) is 11.4. The number of methoxy groups -OCH3 is 1. The Morgan fingerprint density at radius 3 is 2.55 bits per heavy atom. The molecule has 0 amide bonds. The molecule has 0 spiro atoms. The number of nitro groups is 1. The van der Waals surface area contributed by atoms with E-state index in [0.717, 1.165) is 25.7 Å². The summed E-state index contributed by atoms with van der Waals surface area (Å²) >= 11 is 6.39. The molecule has 6 nitrogen and oxygen atoms in total. The number of rotatable bonds is 10. The highest BCUT2D eigenvalue weighted by atomic mass is 35.5. The Morgan fingerprint density at radius 2 is 1.97 bits per heavy atom. The molecule has 0 radical (unpaired) electrons. The summed E-state index contributed by atoms with van der Waals surface area (Å²) in [5.74, 6) is 0.969. The van der Waals surface area contributed by atoms with Gasteiger partial charge >= 0.3 is 0 Å². The first-order chi connectivity index (χ1) is 14.0. The minimum Gasteiger partial charge on any atom is -0.493 e. The fourth-order valence-corrected chi connectivity index (χ4v) is 3.05. The molecule has 2 rings (SSSR count). The monoisotopic (exact) mass is 414 g/mol. The lowest BCUT2D eigenvalue weighted by atomic mass is 10.0. The Bertz CT molecular complexity index is 918. The number of benzene rings is 2. The number of non-ortho nitro benzene ring substituents is 1. The number of ether oxygens (including phenoxy) is 2. The van der Waals surface area contributed by atoms with Crippen molar-refractivity contribution in [2.24, 2.45) is 0 Å². The van der Waals surface area contributed by atoms with E-state index in [1.54, 1.807) is 30.3 Å². The van der Waals surface area contributed by atoms with Crippen molar-refractivity contribution in [2.75, 3.05) is 13.7 Å². The predicted octanol–water partition coefficient (Wildman–Crippen LogP) is 6.28. The first-order valence-electron chi connectivity index (χ1n) is 9.37. The fourth-order valence-electron chi connectivity index (χ4n) is 2.78. The zero-order chi connectivity index (χ0) is 21.2. The molecule has 0 aromatic heterocycles. The van der Waals surface area contributed by atoms with Gasteiger partial charge in [-0.05, 0) is 47.9 Å². The van der Waals surface area contributed by atoms with Gasteiger partial charge in [0, 0.05) is 12.1 Å². The second-order valence-electron chi connectivity index (χ2n) is 6.42. The molecule has 2 aromatic carbocycles. The highest BCUT2D eigenvalue weighted by Gasteiger charge is 2.13. The predicted molar refractivity (Wildman–Crippen MR) is 114 cm³/mol. The molecule has 0 aliphatic rings. The van der Waals surface area contributed by atoms with E-state index in [9.17, 15) is 15.4 Å². The topological polar surface area (TPSA) is 85.4 Å². The second kappa shape index (κ2) is 11.1. The zero-order valence-corrected chi connectivity index (χ0v) is 17.2. The van der Waals surface area contributed by atoms with Crippen LogP contribution in [0.1, 0.15) is 43.7 Å². The van der Waals surface area contributed by atoms with Gasteiger partial charge in [0.2, 0.25) is 0 Å². The molecule has 0 saturated carbocycles. The third kappa shape index (κ3) is 6.23. The van der Waals surface area contributed by atoms with Crippen LogP contribution in [0.5, 0.6) is 11.5 Å². The van der Waals surface area contributed by atoms with Crippen molar-refractivity contribution in [3.8, 4) is 17.6 Å². The van der Waals surface area contributed by atoms with Crippen molar-refractivity contribution in [3.63, 3.8) is 0 Å². The molecule has 0 bridgehead atoms. The molecule has 0 fully saturated rings. The highest BCUT2D eigenvalue weighted by molar-refractivity contribution is 6.32. The third-order valence-electron chi connectivity index (χ3n) is 4.32. The summed E-state index contributed by atoms with van der Waals surface area (Å²) in [6.07, 6.45) is 6.00. The average molecular weight is 415 g/mol. The summed E-state index contributed by atoms with van der Waals surface area (Å²) in [5, 5.41) is 20.7. The third-order valence-corrected chi connectivity index (χ3v) is 4.60. The van der Waals surface area contributed by atoms with Crippen LogP contribution in [0.4, 0.5) is 5.69 Å². The van der Waals surface area contributed by atoms with Crippen LogP contribution in [0.3, 0.4) is 0 Å². The standard InChI is InChI=1S/C22H23ClN2O4/c1-3-4-5-6-11-29-22-20(23)13-16(14-21(22)28-2)12-18(15-24)17-7-9-19(10-8-17)25(26)27/h7-10,12-14H,3-6,11H2,1-2H3. The first-order valence-corrected chi connectivity index (χ1v) is 9.75. The van der Waals surface area contributed by atoms with Crippen molar-refractivity contribution in [1.82, 2.24) is 0 Å². The van der Waals surface area contributed by atoms with E-state index in [2.05, 4.69) is 13.0 Å². The molecule has 0 aliphatic heterocycles. The maximum Gasteiger partial charge on any atom is 0.269 e. The minimum absolute atomic E-state index is 0.0313. The lowest BCUT2D eigenvalue weighted by Gasteiger charge is -2.13. The summed E-state index contributed by atoms with van der Waals surface area (Å²) in [6.45, 7) is 2.71. The van der Waals surface area contributed by atoms with E-state index < -0.39 is 4.92 Å². The molecule has 0 aliphatic carbocycles. The largest absolute Gasteiger partial charge is 0.493 e. The van der Waals surface area contributed by atoms with Crippen LogP contribution in [0.2, 0.25) is 5.02 Å². The number of hydrogen-bond acceptors (Lipinski definition) is 5. The van der Waals surface area contributed by atoms with Gasteiger partial charge in [0.05, 0.1) is 35.3 Å². The Kier molecular flexibility index (Phi) is 8.50.